The average molecular weight is 348 g/mol. The molecule has 0 atom stereocenters. The summed E-state index contributed by atoms with van der Waals surface area (Å²) in [4.78, 5) is 0. The van der Waals surface area contributed by atoms with Crippen LogP contribution in [-0.4, -0.2) is 0 Å². The fourth-order valence-electron chi connectivity index (χ4n) is 4.54. The SMILES string of the molecule is CC(C)CC1=Cc2cccc(-c3cccc4cc5ccccc5cc34)c2C1. The molecule has 0 fully saturated rings. The first kappa shape index (κ1) is 16.3. The molecule has 0 saturated heterocycles. The van der Waals surface area contributed by atoms with Gasteiger partial charge in [0.25, 0.3) is 0 Å². The fourth-order valence-corrected chi connectivity index (χ4v) is 4.54. The van der Waals surface area contributed by atoms with Crippen LogP contribution in [0, 0.1) is 5.92 Å². The van der Waals surface area contributed by atoms with Crippen LogP contribution >= 0.6 is 0 Å². The van der Waals surface area contributed by atoms with E-state index in [0.29, 0.717) is 5.92 Å². The summed E-state index contributed by atoms with van der Waals surface area (Å²) in [5, 5.41) is 5.28. The number of allylic oxidation sites excluding steroid dienone is 1. The largest absolute Gasteiger partial charge is 0.0649 e. The van der Waals surface area contributed by atoms with Crippen molar-refractivity contribution < 1.29 is 0 Å². The molecule has 0 N–H and O–H groups in total. The van der Waals surface area contributed by atoms with E-state index in [2.05, 4.69) is 92.7 Å². The highest BCUT2D eigenvalue weighted by atomic mass is 14.2. The Kier molecular flexibility index (Phi) is 3.86. The van der Waals surface area contributed by atoms with Crippen molar-refractivity contribution >= 4 is 27.6 Å². The van der Waals surface area contributed by atoms with E-state index in [4.69, 9.17) is 0 Å². The molecule has 27 heavy (non-hydrogen) atoms. The van der Waals surface area contributed by atoms with Crippen LogP contribution in [0.4, 0.5) is 0 Å². The van der Waals surface area contributed by atoms with E-state index in [9.17, 15) is 0 Å². The normalized spacial score (nSPS) is 13.4. The molecular weight excluding hydrogens is 324 g/mol. The van der Waals surface area contributed by atoms with Gasteiger partial charge in [-0.15, -0.1) is 0 Å². The van der Waals surface area contributed by atoms with Gasteiger partial charge in [-0.25, -0.2) is 0 Å². The molecule has 0 spiro atoms. The number of fused-ring (bicyclic) bond motifs is 3. The molecule has 0 amide bonds. The van der Waals surface area contributed by atoms with Crippen LogP contribution in [0.15, 0.2) is 78.4 Å². The Bertz CT molecular complexity index is 1190. The first-order valence-electron chi connectivity index (χ1n) is 9.92. The molecule has 0 heterocycles. The quantitative estimate of drug-likeness (QED) is 0.334. The van der Waals surface area contributed by atoms with E-state index in [1.54, 1.807) is 5.57 Å². The Balaban J connectivity index is 1.68. The Morgan fingerprint density at radius 3 is 2.26 bits per heavy atom. The topological polar surface area (TPSA) is 0 Å². The molecule has 1 aliphatic carbocycles. The molecule has 0 heteroatoms. The fraction of sp³-hybridized carbons (Fsp3) is 0.185. The van der Waals surface area contributed by atoms with Gasteiger partial charge in [0.15, 0.2) is 0 Å². The average Bonchev–Trinajstić information content (AvgIpc) is 3.07. The maximum Gasteiger partial charge on any atom is -0.00516 e. The van der Waals surface area contributed by atoms with Crippen molar-refractivity contribution in [2.75, 3.05) is 0 Å². The summed E-state index contributed by atoms with van der Waals surface area (Å²) in [6, 6.07) is 26.8. The first-order valence-corrected chi connectivity index (χ1v) is 9.92. The summed E-state index contributed by atoms with van der Waals surface area (Å²) in [5.41, 5.74) is 7.21. The molecule has 0 saturated carbocycles. The lowest BCUT2D eigenvalue weighted by atomic mass is 9.90. The Labute approximate surface area is 161 Å². The predicted octanol–water partition coefficient (Wildman–Crippen LogP) is 7.65. The Morgan fingerprint density at radius 2 is 1.44 bits per heavy atom. The van der Waals surface area contributed by atoms with Gasteiger partial charge in [-0.1, -0.05) is 86.2 Å². The van der Waals surface area contributed by atoms with Gasteiger partial charge in [0, 0.05) is 0 Å². The van der Waals surface area contributed by atoms with Crippen molar-refractivity contribution in [3.05, 3.63) is 89.5 Å². The van der Waals surface area contributed by atoms with Gasteiger partial charge in [0.05, 0.1) is 0 Å². The van der Waals surface area contributed by atoms with Crippen molar-refractivity contribution in [3.63, 3.8) is 0 Å². The van der Waals surface area contributed by atoms with E-state index >= 15 is 0 Å². The second-order valence-corrected chi connectivity index (χ2v) is 8.18. The Hall–Kier alpha value is -2.86. The molecule has 0 unspecified atom stereocenters. The number of rotatable bonds is 3. The highest BCUT2D eigenvalue weighted by Crippen LogP contribution is 2.39. The highest BCUT2D eigenvalue weighted by molar-refractivity contribution is 6.05. The number of hydrogen-bond acceptors (Lipinski definition) is 0. The zero-order valence-corrected chi connectivity index (χ0v) is 16.0. The second-order valence-electron chi connectivity index (χ2n) is 8.18. The van der Waals surface area contributed by atoms with Crippen molar-refractivity contribution in [1.82, 2.24) is 0 Å². The van der Waals surface area contributed by atoms with Crippen molar-refractivity contribution in [2.45, 2.75) is 26.7 Å². The zero-order valence-electron chi connectivity index (χ0n) is 16.0. The number of hydrogen-bond donors (Lipinski definition) is 0. The van der Waals surface area contributed by atoms with Crippen LogP contribution in [0.1, 0.15) is 31.4 Å². The van der Waals surface area contributed by atoms with Gasteiger partial charge in [-0.05, 0) is 74.7 Å². The molecule has 132 valence electrons. The van der Waals surface area contributed by atoms with Gasteiger partial charge in [0.2, 0.25) is 0 Å². The monoisotopic (exact) mass is 348 g/mol. The van der Waals surface area contributed by atoms with E-state index in [1.165, 1.54) is 50.2 Å². The highest BCUT2D eigenvalue weighted by Gasteiger charge is 2.18. The first-order chi connectivity index (χ1) is 13.2. The summed E-state index contributed by atoms with van der Waals surface area (Å²) in [5.74, 6) is 0.706. The van der Waals surface area contributed by atoms with Crippen LogP contribution in [0.2, 0.25) is 0 Å². The predicted molar refractivity (Wildman–Crippen MR) is 118 cm³/mol. The molecule has 0 radical (unpaired) electrons. The van der Waals surface area contributed by atoms with Gasteiger partial charge < -0.3 is 0 Å². The van der Waals surface area contributed by atoms with Crippen molar-refractivity contribution in [3.8, 4) is 11.1 Å². The third kappa shape index (κ3) is 2.86. The molecule has 0 aliphatic heterocycles. The minimum atomic E-state index is 0.706. The van der Waals surface area contributed by atoms with Crippen molar-refractivity contribution in [2.24, 2.45) is 5.92 Å². The third-order valence-electron chi connectivity index (χ3n) is 5.68. The van der Waals surface area contributed by atoms with E-state index < -0.39 is 0 Å². The molecule has 4 aromatic carbocycles. The smallest absolute Gasteiger partial charge is 0.00516 e. The van der Waals surface area contributed by atoms with E-state index in [1.807, 2.05) is 0 Å². The second kappa shape index (κ2) is 6.39. The molecular formula is C27H24. The minimum Gasteiger partial charge on any atom is -0.0649 e. The summed E-state index contributed by atoms with van der Waals surface area (Å²) in [6.07, 6.45) is 4.70. The van der Waals surface area contributed by atoms with Crippen LogP contribution < -0.4 is 0 Å². The summed E-state index contributed by atoms with van der Waals surface area (Å²) in [6.45, 7) is 4.61. The van der Waals surface area contributed by atoms with Crippen LogP contribution in [0.25, 0.3) is 38.7 Å². The van der Waals surface area contributed by atoms with E-state index in [-0.39, 0.29) is 0 Å². The standard InChI is InChI=1S/C27H24/c1-18(2)13-19-14-22-9-5-11-24(26(22)15-19)25-12-6-10-23-16-20-7-3-4-8-21(20)17-27(23)25/h3-12,14,16-18H,13,15H2,1-2H3. The summed E-state index contributed by atoms with van der Waals surface area (Å²) >= 11 is 0. The lowest BCUT2D eigenvalue weighted by Crippen LogP contribution is -1.94. The van der Waals surface area contributed by atoms with Crippen molar-refractivity contribution in [1.29, 1.82) is 0 Å². The van der Waals surface area contributed by atoms with Gasteiger partial charge in [0.1, 0.15) is 0 Å². The van der Waals surface area contributed by atoms with Gasteiger partial charge in [-0.2, -0.15) is 0 Å². The van der Waals surface area contributed by atoms with Gasteiger partial charge in [-0.3, -0.25) is 0 Å². The maximum absolute atomic E-state index is 2.42. The third-order valence-corrected chi connectivity index (χ3v) is 5.68. The summed E-state index contributed by atoms with van der Waals surface area (Å²) in [7, 11) is 0. The van der Waals surface area contributed by atoms with Crippen LogP contribution in [-0.2, 0) is 6.42 Å². The lowest BCUT2D eigenvalue weighted by Gasteiger charge is -2.13. The minimum absolute atomic E-state index is 0.706. The van der Waals surface area contributed by atoms with Crippen LogP contribution in [0.3, 0.4) is 0 Å². The molecule has 0 aromatic heterocycles. The van der Waals surface area contributed by atoms with E-state index in [0.717, 1.165) is 6.42 Å². The summed E-state index contributed by atoms with van der Waals surface area (Å²) < 4.78 is 0. The zero-order chi connectivity index (χ0) is 18.4. The molecule has 5 rings (SSSR count). The molecule has 4 aromatic rings. The van der Waals surface area contributed by atoms with Crippen LogP contribution in [0.5, 0.6) is 0 Å². The van der Waals surface area contributed by atoms with Gasteiger partial charge >= 0.3 is 0 Å². The maximum atomic E-state index is 2.42. The molecule has 0 bridgehead atoms. The molecule has 0 nitrogen and oxygen atoms in total. The molecule has 1 aliphatic rings. The number of benzene rings is 4. The Morgan fingerprint density at radius 1 is 0.741 bits per heavy atom. The lowest BCUT2D eigenvalue weighted by molar-refractivity contribution is 0.638.